The monoisotopic (exact) mass is 492 g/mol. The van der Waals surface area contributed by atoms with Crippen molar-refractivity contribution in [2.75, 3.05) is 6.61 Å². The number of ether oxygens (including phenoxy) is 3. The lowest BCUT2D eigenvalue weighted by molar-refractivity contribution is -0.223. The lowest BCUT2D eigenvalue weighted by Gasteiger charge is -2.64. The molecule has 1 N–H and O–H groups in total. The summed E-state index contributed by atoms with van der Waals surface area (Å²) < 4.78 is 17.8. The fraction of sp³-hybridized carbons (Fsp3) is 0.731. The van der Waals surface area contributed by atoms with Gasteiger partial charge in [-0.15, -0.1) is 11.6 Å². The summed E-state index contributed by atoms with van der Waals surface area (Å²) in [7, 11) is 0. The van der Waals surface area contributed by atoms with Crippen molar-refractivity contribution < 1.29 is 33.7 Å². The van der Waals surface area contributed by atoms with Crippen molar-refractivity contribution in [2.24, 2.45) is 22.7 Å². The van der Waals surface area contributed by atoms with Gasteiger partial charge in [-0.2, -0.15) is 0 Å². The van der Waals surface area contributed by atoms with Gasteiger partial charge in [0.15, 0.2) is 23.8 Å². The van der Waals surface area contributed by atoms with E-state index in [1.807, 2.05) is 19.9 Å². The van der Waals surface area contributed by atoms with Crippen molar-refractivity contribution in [3.8, 4) is 0 Å². The van der Waals surface area contributed by atoms with Crippen molar-refractivity contribution in [3.05, 3.63) is 23.8 Å². The maximum Gasteiger partial charge on any atom is 0.303 e. The van der Waals surface area contributed by atoms with Gasteiger partial charge in [-0.05, 0) is 63.5 Å². The van der Waals surface area contributed by atoms with Gasteiger partial charge in [0.1, 0.15) is 0 Å². The molecule has 34 heavy (non-hydrogen) atoms. The van der Waals surface area contributed by atoms with Crippen molar-refractivity contribution in [3.63, 3.8) is 0 Å². The zero-order valence-electron chi connectivity index (χ0n) is 20.4. The summed E-state index contributed by atoms with van der Waals surface area (Å²) in [6.45, 7) is 8.40. The second kappa shape index (κ2) is 7.25. The van der Waals surface area contributed by atoms with Crippen LogP contribution in [0, 0.1) is 22.7 Å². The molecule has 8 heteroatoms. The molecule has 4 aliphatic carbocycles. The first-order valence-electron chi connectivity index (χ1n) is 12.1. The molecule has 0 amide bonds. The van der Waals surface area contributed by atoms with Crippen LogP contribution in [0.5, 0.6) is 0 Å². The third-order valence-corrected chi connectivity index (χ3v) is 10.4. The van der Waals surface area contributed by atoms with Gasteiger partial charge in [0, 0.05) is 17.8 Å². The summed E-state index contributed by atoms with van der Waals surface area (Å²) in [5.41, 5.74) is -1.87. The van der Waals surface area contributed by atoms with Gasteiger partial charge in [0.25, 0.3) is 0 Å². The SMILES string of the molecule is CC(=O)OCC(=O)[C@@]12OC(C)(C)O[C@@H]1CC1C3CCC4=CC(=O)C=C[C@]4(C)[C@@]3(Cl)[C@@H](O)C[C@@]12C. The Morgan fingerprint density at radius 1 is 1.24 bits per heavy atom. The quantitative estimate of drug-likeness (QED) is 0.477. The number of Topliss-reactive ketones (excluding diaryl/α,β-unsaturated/α-hetero) is 1. The number of fused-ring (bicyclic) bond motifs is 7. The molecular formula is C26H33ClO7. The molecule has 186 valence electrons. The molecule has 2 unspecified atom stereocenters. The Labute approximate surface area is 204 Å². The first kappa shape index (κ1) is 24.2. The molecule has 7 nitrogen and oxygen atoms in total. The van der Waals surface area contributed by atoms with E-state index in [1.165, 1.54) is 6.92 Å². The van der Waals surface area contributed by atoms with Gasteiger partial charge in [-0.3, -0.25) is 14.4 Å². The highest BCUT2D eigenvalue weighted by Gasteiger charge is 2.79. The predicted molar refractivity (Wildman–Crippen MR) is 123 cm³/mol. The number of aliphatic hydroxyl groups is 1. The minimum absolute atomic E-state index is 0.0595. The number of carbonyl (C=O) groups excluding carboxylic acids is 3. The number of ketones is 2. The highest BCUT2D eigenvalue weighted by Crippen LogP contribution is 2.72. The van der Waals surface area contributed by atoms with Crippen molar-refractivity contribution in [2.45, 2.75) is 88.8 Å². The summed E-state index contributed by atoms with van der Waals surface area (Å²) in [4.78, 5) is 36.2. The van der Waals surface area contributed by atoms with Gasteiger partial charge in [0.2, 0.25) is 5.78 Å². The van der Waals surface area contributed by atoms with Crippen molar-refractivity contribution in [1.29, 1.82) is 0 Å². The summed E-state index contributed by atoms with van der Waals surface area (Å²) in [6, 6.07) is 0. The lowest BCUT2D eigenvalue weighted by atomic mass is 9.45. The van der Waals surface area contributed by atoms with Gasteiger partial charge in [0.05, 0.1) is 17.1 Å². The van der Waals surface area contributed by atoms with E-state index in [2.05, 4.69) is 0 Å². The average Bonchev–Trinajstić information content (AvgIpc) is 3.14. The average molecular weight is 493 g/mol. The van der Waals surface area contributed by atoms with Crippen LogP contribution in [0.3, 0.4) is 0 Å². The number of esters is 1. The summed E-state index contributed by atoms with van der Waals surface area (Å²) in [5.74, 6) is -2.14. The van der Waals surface area contributed by atoms with E-state index in [0.717, 1.165) is 5.57 Å². The molecule has 4 fully saturated rings. The van der Waals surface area contributed by atoms with Gasteiger partial charge < -0.3 is 19.3 Å². The third-order valence-electron chi connectivity index (χ3n) is 9.45. The zero-order valence-corrected chi connectivity index (χ0v) is 21.1. The Morgan fingerprint density at radius 2 is 1.94 bits per heavy atom. The molecule has 0 radical (unpaired) electrons. The topological polar surface area (TPSA) is 99.1 Å². The van der Waals surface area contributed by atoms with E-state index in [4.69, 9.17) is 25.8 Å². The minimum Gasteiger partial charge on any atom is -0.458 e. The number of hydrogen-bond donors (Lipinski definition) is 1. The number of carbonyl (C=O) groups is 3. The summed E-state index contributed by atoms with van der Waals surface area (Å²) in [6.07, 6.45) is 5.70. The molecule has 0 spiro atoms. The molecule has 0 bridgehead atoms. The molecule has 0 aromatic rings. The molecule has 3 saturated carbocycles. The third kappa shape index (κ3) is 2.84. The van der Waals surface area contributed by atoms with E-state index < -0.39 is 51.9 Å². The maximum atomic E-state index is 13.7. The normalized spacial score (nSPS) is 48.3. The van der Waals surface area contributed by atoms with Crippen molar-refractivity contribution >= 4 is 29.1 Å². The molecule has 1 heterocycles. The van der Waals surface area contributed by atoms with Crippen LogP contribution in [0.25, 0.3) is 0 Å². The van der Waals surface area contributed by atoms with Crippen LogP contribution in [-0.4, -0.2) is 57.7 Å². The van der Waals surface area contributed by atoms with Crippen LogP contribution in [0.2, 0.25) is 0 Å². The van der Waals surface area contributed by atoms with Gasteiger partial charge in [-0.25, -0.2) is 0 Å². The van der Waals surface area contributed by atoms with E-state index in [0.29, 0.717) is 19.3 Å². The Kier molecular flexibility index (Phi) is 5.15. The summed E-state index contributed by atoms with van der Waals surface area (Å²) in [5, 5.41) is 11.7. The van der Waals surface area contributed by atoms with Crippen molar-refractivity contribution in [1.82, 2.24) is 0 Å². The van der Waals surface area contributed by atoms with E-state index >= 15 is 0 Å². The molecule has 5 aliphatic rings. The second-order valence-electron chi connectivity index (χ2n) is 11.5. The Balaban J connectivity index is 1.60. The highest BCUT2D eigenvalue weighted by molar-refractivity contribution is 6.26. The standard InChI is InChI=1S/C26H33ClO7/c1-14(28)32-13-20(31)26-21(33-22(2,3)34-26)11-18-17-7-6-15-10-16(29)8-9-23(15,4)25(17,27)19(30)12-24(18,26)5/h8-10,17-19,21,30H,6-7,11-13H2,1-5H3/t17?,18?,19-,21+,23-,24-,25-,26+/m0/s1. The first-order chi connectivity index (χ1) is 15.7. The molecule has 0 aromatic carbocycles. The zero-order chi connectivity index (χ0) is 24.9. The number of allylic oxidation sites excluding steroid dienone is 4. The predicted octanol–water partition coefficient (Wildman–Crippen LogP) is 3.26. The Bertz CT molecular complexity index is 1030. The number of alkyl halides is 1. The van der Waals surface area contributed by atoms with E-state index in [-0.39, 0.29) is 29.8 Å². The lowest BCUT2D eigenvalue weighted by Crippen LogP contribution is -2.69. The van der Waals surface area contributed by atoms with E-state index in [9.17, 15) is 19.5 Å². The van der Waals surface area contributed by atoms with Gasteiger partial charge in [-0.1, -0.05) is 25.5 Å². The molecule has 1 aliphatic heterocycles. The van der Waals surface area contributed by atoms with Gasteiger partial charge >= 0.3 is 5.97 Å². The summed E-state index contributed by atoms with van der Waals surface area (Å²) >= 11 is 7.47. The maximum absolute atomic E-state index is 13.7. The number of halogens is 1. The smallest absolute Gasteiger partial charge is 0.303 e. The van der Waals surface area contributed by atoms with Crippen LogP contribution in [-0.2, 0) is 28.6 Å². The Morgan fingerprint density at radius 3 is 2.62 bits per heavy atom. The van der Waals surface area contributed by atoms with E-state index in [1.54, 1.807) is 26.0 Å². The fourth-order valence-corrected chi connectivity index (χ4v) is 8.61. The van der Waals surface area contributed by atoms with Crippen LogP contribution >= 0.6 is 11.6 Å². The number of hydrogen-bond acceptors (Lipinski definition) is 7. The Hall–Kier alpha value is -1.54. The molecule has 8 atom stereocenters. The molecule has 0 aromatic heterocycles. The molecular weight excluding hydrogens is 460 g/mol. The first-order valence-corrected chi connectivity index (χ1v) is 12.4. The molecule has 1 saturated heterocycles. The number of aliphatic hydroxyl groups excluding tert-OH is 1. The van der Waals surface area contributed by atoms with Crippen LogP contribution < -0.4 is 0 Å². The van der Waals surface area contributed by atoms with Crippen LogP contribution in [0.15, 0.2) is 23.8 Å². The number of rotatable bonds is 3. The van der Waals surface area contributed by atoms with Crippen LogP contribution in [0.1, 0.15) is 60.3 Å². The highest BCUT2D eigenvalue weighted by atomic mass is 35.5. The minimum atomic E-state index is -1.36. The fourth-order valence-electron chi connectivity index (χ4n) is 8.08. The molecule has 5 rings (SSSR count). The van der Waals surface area contributed by atoms with Crippen LogP contribution in [0.4, 0.5) is 0 Å². The largest absolute Gasteiger partial charge is 0.458 e. The second-order valence-corrected chi connectivity index (χ2v) is 12.2.